The van der Waals surface area contributed by atoms with Crippen molar-refractivity contribution in [2.24, 2.45) is 5.84 Å². The SMILES string of the molecule is COc1ccc(C(COC(C)(C)C)NN)cc1F. The molecule has 4 nitrogen and oxygen atoms in total. The van der Waals surface area contributed by atoms with Crippen molar-refractivity contribution in [2.45, 2.75) is 32.4 Å². The number of nitrogens with one attached hydrogen (secondary N) is 1. The second-order valence-electron chi connectivity index (χ2n) is 5.04. The van der Waals surface area contributed by atoms with Crippen LogP contribution >= 0.6 is 0 Å². The molecule has 0 saturated heterocycles. The van der Waals surface area contributed by atoms with E-state index in [0.29, 0.717) is 6.61 Å². The van der Waals surface area contributed by atoms with Crippen LogP contribution in [0.1, 0.15) is 32.4 Å². The molecule has 1 rings (SSSR count). The predicted octanol–water partition coefficient (Wildman–Crippen LogP) is 2.15. The minimum atomic E-state index is -0.411. The lowest BCUT2D eigenvalue weighted by Crippen LogP contribution is -2.34. The van der Waals surface area contributed by atoms with E-state index in [2.05, 4.69) is 5.43 Å². The van der Waals surface area contributed by atoms with Crippen molar-refractivity contribution in [1.29, 1.82) is 0 Å². The molecule has 18 heavy (non-hydrogen) atoms. The number of hydrogen-bond acceptors (Lipinski definition) is 4. The van der Waals surface area contributed by atoms with Gasteiger partial charge < -0.3 is 9.47 Å². The lowest BCUT2D eigenvalue weighted by molar-refractivity contribution is -0.0148. The second kappa shape index (κ2) is 6.13. The van der Waals surface area contributed by atoms with E-state index >= 15 is 0 Å². The Morgan fingerprint density at radius 2 is 2.06 bits per heavy atom. The molecule has 0 heterocycles. The van der Waals surface area contributed by atoms with Gasteiger partial charge in [-0.25, -0.2) is 4.39 Å². The van der Waals surface area contributed by atoms with Gasteiger partial charge in [-0.15, -0.1) is 0 Å². The Hall–Kier alpha value is -1.17. The van der Waals surface area contributed by atoms with Gasteiger partial charge in [0.1, 0.15) is 0 Å². The highest BCUT2D eigenvalue weighted by Crippen LogP contribution is 2.22. The van der Waals surface area contributed by atoms with Gasteiger partial charge in [0.05, 0.1) is 25.4 Å². The first-order valence-corrected chi connectivity index (χ1v) is 5.81. The molecule has 102 valence electrons. The molecule has 0 fully saturated rings. The van der Waals surface area contributed by atoms with E-state index in [9.17, 15) is 4.39 Å². The Bertz CT molecular complexity index is 391. The molecule has 0 radical (unpaired) electrons. The van der Waals surface area contributed by atoms with E-state index in [-0.39, 0.29) is 17.4 Å². The highest BCUT2D eigenvalue weighted by molar-refractivity contribution is 5.31. The summed E-state index contributed by atoms with van der Waals surface area (Å²) >= 11 is 0. The Morgan fingerprint density at radius 1 is 1.39 bits per heavy atom. The number of rotatable bonds is 5. The molecule has 0 saturated carbocycles. The molecule has 0 aromatic heterocycles. The number of hydrogen-bond donors (Lipinski definition) is 2. The lowest BCUT2D eigenvalue weighted by atomic mass is 10.1. The summed E-state index contributed by atoms with van der Waals surface area (Å²) in [5, 5.41) is 0. The Morgan fingerprint density at radius 3 is 2.50 bits per heavy atom. The normalized spacial score (nSPS) is 13.4. The molecule has 0 spiro atoms. The third-order valence-corrected chi connectivity index (χ3v) is 2.46. The highest BCUT2D eigenvalue weighted by atomic mass is 19.1. The van der Waals surface area contributed by atoms with Gasteiger partial charge in [-0.05, 0) is 38.5 Å². The van der Waals surface area contributed by atoms with Gasteiger partial charge >= 0.3 is 0 Å². The molecule has 1 atom stereocenters. The van der Waals surface area contributed by atoms with Crippen LogP contribution in [-0.4, -0.2) is 19.3 Å². The Kier molecular flexibility index (Phi) is 5.07. The maximum Gasteiger partial charge on any atom is 0.165 e. The molecule has 1 unspecified atom stereocenters. The van der Waals surface area contributed by atoms with E-state index in [1.165, 1.54) is 13.2 Å². The number of hydrazine groups is 1. The maximum absolute atomic E-state index is 13.6. The van der Waals surface area contributed by atoms with Gasteiger partial charge in [0, 0.05) is 0 Å². The van der Waals surface area contributed by atoms with Crippen LogP contribution in [0.15, 0.2) is 18.2 Å². The topological polar surface area (TPSA) is 56.5 Å². The summed E-state index contributed by atoms with van der Waals surface area (Å²) < 4.78 is 24.1. The van der Waals surface area contributed by atoms with Crippen LogP contribution in [-0.2, 0) is 4.74 Å². The second-order valence-corrected chi connectivity index (χ2v) is 5.04. The monoisotopic (exact) mass is 256 g/mol. The summed E-state index contributed by atoms with van der Waals surface area (Å²) in [6.07, 6.45) is 0. The van der Waals surface area contributed by atoms with Gasteiger partial charge in [-0.3, -0.25) is 11.3 Å². The summed E-state index contributed by atoms with van der Waals surface area (Å²) in [5.41, 5.74) is 3.08. The maximum atomic E-state index is 13.6. The first-order valence-electron chi connectivity index (χ1n) is 5.81. The van der Waals surface area contributed by atoms with Gasteiger partial charge in [0.15, 0.2) is 11.6 Å². The molecule has 1 aromatic rings. The van der Waals surface area contributed by atoms with Gasteiger partial charge in [-0.1, -0.05) is 6.07 Å². The zero-order valence-corrected chi connectivity index (χ0v) is 11.3. The fraction of sp³-hybridized carbons (Fsp3) is 0.538. The van der Waals surface area contributed by atoms with Crippen LogP contribution in [0.3, 0.4) is 0 Å². The highest BCUT2D eigenvalue weighted by Gasteiger charge is 2.17. The molecule has 0 aliphatic rings. The molecule has 0 amide bonds. The molecule has 3 N–H and O–H groups in total. The van der Waals surface area contributed by atoms with Crippen molar-refractivity contribution in [3.63, 3.8) is 0 Å². The zero-order chi connectivity index (χ0) is 13.8. The van der Waals surface area contributed by atoms with E-state index in [4.69, 9.17) is 15.3 Å². The largest absolute Gasteiger partial charge is 0.494 e. The Balaban J connectivity index is 2.79. The van der Waals surface area contributed by atoms with Gasteiger partial charge in [0.25, 0.3) is 0 Å². The minimum Gasteiger partial charge on any atom is -0.494 e. The van der Waals surface area contributed by atoms with E-state index in [1.807, 2.05) is 20.8 Å². The van der Waals surface area contributed by atoms with Crippen molar-refractivity contribution in [1.82, 2.24) is 5.43 Å². The molecule has 0 bridgehead atoms. The van der Waals surface area contributed by atoms with E-state index in [1.54, 1.807) is 12.1 Å². The quantitative estimate of drug-likeness (QED) is 0.626. The van der Waals surface area contributed by atoms with Crippen LogP contribution in [0.2, 0.25) is 0 Å². The summed E-state index contributed by atoms with van der Waals surface area (Å²) in [6.45, 7) is 6.23. The standard InChI is InChI=1S/C13H21FN2O2/c1-13(2,3)18-8-11(16-15)9-5-6-12(17-4)10(14)7-9/h5-7,11,16H,8,15H2,1-4H3. The van der Waals surface area contributed by atoms with Crippen molar-refractivity contribution >= 4 is 0 Å². The smallest absolute Gasteiger partial charge is 0.165 e. The molecule has 0 aliphatic heterocycles. The van der Waals surface area contributed by atoms with Crippen molar-refractivity contribution < 1.29 is 13.9 Å². The zero-order valence-electron chi connectivity index (χ0n) is 11.3. The fourth-order valence-corrected chi connectivity index (χ4v) is 1.47. The first kappa shape index (κ1) is 14.9. The number of nitrogens with two attached hydrogens (primary N) is 1. The molecule has 5 heteroatoms. The molecular formula is C13H21FN2O2. The predicted molar refractivity (Wildman–Crippen MR) is 68.7 cm³/mol. The number of halogens is 1. The molecule has 0 aliphatic carbocycles. The third kappa shape index (κ3) is 4.25. The van der Waals surface area contributed by atoms with Crippen LogP contribution < -0.4 is 16.0 Å². The van der Waals surface area contributed by atoms with E-state index in [0.717, 1.165) is 5.56 Å². The lowest BCUT2D eigenvalue weighted by Gasteiger charge is -2.24. The Labute approximate surface area is 107 Å². The van der Waals surface area contributed by atoms with Crippen LogP contribution in [0.5, 0.6) is 5.75 Å². The average molecular weight is 256 g/mol. The minimum absolute atomic E-state index is 0.214. The summed E-state index contributed by atoms with van der Waals surface area (Å²) in [7, 11) is 1.43. The van der Waals surface area contributed by atoms with Crippen molar-refractivity contribution in [2.75, 3.05) is 13.7 Å². The summed E-state index contributed by atoms with van der Waals surface area (Å²) in [5.74, 6) is 5.27. The first-order chi connectivity index (χ1) is 8.37. The average Bonchev–Trinajstić information content (AvgIpc) is 2.28. The third-order valence-electron chi connectivity index (χ3n) is 2.46. The number of benzene rings is 1. The summed E-state index contributed by atoms with van der Waals surface area (Å²) in [6, 6.07) is 4.48. The molecule has 1 aromatic carbocycles. The van der Waals surface area contributed by atoms with Crippen molar-refractivity contribution in [3.05, 3.63) is 29.6 Å². The van der Waals surface area contributed by atoms with Gasteiger partial charge in [0.2, 0.25) is 0 Å². The van der Waals surface area contributed by atoms with Crippen LogP contribution in [0.25, 0.3) is 0 Å². The summed E-state index contributed by atoms with van der Waals surface area (Å²) in [4.78, 5) is 0. The van der Waals surface area contributed by atoms with Crippen LogP contribution in [0.4, 0.5) is 4.39 Å². The number of methoxy groups -OCH3 is 1. The van der Waals surface area contributed by atoms with E-state index < -0.39 is 5.82 Å². The van der Waals surface area contributed by atoms with Gasteiger partial charge in [-0.2, -0.15) is 0 Å². The fourth-order valence-electron chi connectivity index (χ4n) is 1.47. The van der Waals surface area contributed by atoms with Crippen molar-refractivity contribution in [3.8, 4) is 5.75 Å². The molecular weight excluding hydrogens is 235 g/mol. The van der Waals surface area contributed by atoms with Crippen LogP contribution in [0, 0.1) is 5.82 Å². The number of ether oxygens (including phenoxy) is 2.